The maximum absolute atomic E-state index is 11.4. The van der Waals surface area contributed by atoms with Crippen LogP contribution in [0.3, 0.4) is 0 Å². The van der Waals surface area contributed by atoms with Crippen molar-refractivity contribution in [2.24, 2.45) is 0 Å². The van der Waals surface area contributed by atoms with E-state index in [1.807, 2.05) is 23.6 Å². The van der Waals surface area contributed by atoms with Crippen molar-refractivity contribution in [2.45, 2.75) is 19.8 Å². The minimum absolute atomic E-state index is 0.217. The highest BCUT2D eigenvalue weighted by molar-refractivity contribution is 7.09. The summed E-state index contributed by atoms with van der Waals surface area (Å²) in [7, 11) is 1.59. The smallest absolute Gasteiger partial charge is 0.311 e. The molecule has 112 valence electrons. The number of ether oxygens (including phenoxy) is 2. The molecule has 0 unspecified atom stereocenters. The third-order valence-electron chi connectivity index (χ3n) is 2.88. The highest BCUT2D eigenvalue weighted by atomic mass is 32.1. The summed E-state index contributed by atoms with van der Waals surface area (Å²) < 4.78 is 10.0. The van der Waals surface area contributed by atoms with Gasteiger partial charge >= 0.3 is 5.97 Å². The lowest BCUT2D eigenvalue weighted by atomic mass is 10.1. The summed E-state index contributed by atoms with van der Waals surface area (Å²) in [5.74, 6) is 0.420. The number of thiazole rings is 1. The third kappa shape index (κ3) is 4.19. The Balaban J connectivity index is 2.02. The van der Waals surface area contributed by atoms with Crippen molar-refractivity contribution < 1.29 is 14.3 Å². The Morgan fingerprint density at radius 1 is 1.43 bits per heavy atom. The molecule has 2 rings (SSSR count). The standard InChI is InChI=1S/C15H18N2O3S/c1-3-20-15(18)8-11-9-21-14(17-11)7-10-4-5-13(19-2)12(16)6-10/h4-6,9H,3,7-8,16H2,1-2H3. The van der Waals surface area contributed by atoms with Crippen molar-refractivity contribution in [3.8, 4) is 5.75 Å². The molecule has 1 aromatic carbocycles. The van der Waals surface area contributed by atoms with E-state index < -0.39 is 0 Å². The number of nitrogen functional groups attached to an aromatic ring is 1. The van der Waals surface area contributed by atoms with E-state index in [1.165, 1.54) is 11.3 Å². The number of aromatic nitrogens is 1. The molecule has 0 bridgehead atoms. The van der Waals surface area contributed by atoms with Crippen molar-refractivity contribution >= 4 is 23.0 Å². The van der Waals surface area contributed by atoms with E-state index in [0.29, 0.717) is 24.5 Å². The molecule has 2 aromatic rings. The molecule has 0 aliphatic heterocycles. The van der Waals surface area contributed by atoms with E-state index in [0.717, 1.165) is 16.3 Å². The van der Waals surface area contributed by atoms with Gasteiger partial charge in [-0.1, -0.05) is 6.07 Å². The second kappa shape index (κ2) is 7.08. The van der Waals surface area contributed by atoms with E-state index in [2.05, 4.69) is 4.98 Å². The first kappa shape index (κ1) is 15.3. The van der Waals surface area contributed by atoms with Gasteiger partial charge in [-0.05, 0) is 24.6 Å². The van der Waals surface area contributed by atoms with E-state index in [4.69, 9.17) is 15.2 Å². The van der Waals surface area contributed by atoms with Gasteiger partial charge in [-0.2, -0.15) is 0 Å². The van der Waals surface area contributed by atoms with E-state index in [9.17, 15) is 4.79 Å². The first-order valence-corrected chi connectivity index (χ1v) is 7.51. The summed E-state index contributed by atoms with van der Waals surface area (Å²) in [4.78, 5) is 15.9. The monoisotopic (exact) mass is 306 g/mol. The molecule has 0 spiro atoms. The zero-order valence-electron chi connectivity index (χ0n) is 12.1. The normalized spacial score (nSPS) is 10.4. The lowest BCUT2D eigenvalue weighted by Crippen LogP contribution is -2.07. The lowest BCUT2D eigenvalue weighted by molar-refractivity contribution is -0.142. The second-order valence-electron chi connectivity index (χ2n) is 4.47. The van der Waals surface area contributed by atoms with Crippen LogP contribution in [-0.4, -0.2) is 24.7 Å². The van der Waals surface area contributed by atoms with Crippen molar-refractivity contribution in [3.05, 3.63) is 39.8 Å². The van der Waals surface area contributed by atoms with Crippen LogP contribution in [0.4, 0.5) is 5.69 Å². The summed E-state index contributed by atoms with van der Waals surface area (Å²) in [6.07, 6.45) is 0.900. The van der Waals surface area contributed by atoms with Crippen LogP contribution in [0, 0.1) is 0 Å². The number of esters is 1. The molecule has 0 fully saturated rings. The summed E-state index contributed by atoms with van der Waals surface area (Å²) in [5, 5.41) is 2.83. The van der Waals surface area contributed by atoms with Crippen LogP contribution in [0.25, 0.3) is 0 Å². The number of nitrogens with zero attached hydrogens (tertiary/aromatic N) is 1. The Kier molecular flexibility index (Phi) is 5.16. The topological polar surface area (TPSA) is 74.4 Å². The average Bonchev–Trinajstić information content (AvgIpc) is 2.86. The number of methoxy groups -OCH3 is 1. The molecule has 1 heterocycles. The van der Waals surface area contributed by atoms with Crippen molar-refractivity contribution in [3.63, 3.8) is 0 Å². The molecular formula is C15H18N2O3S. The van der Waals surface area contributed by atoms with Crippen molar-refractivity contribution in [2.75, 3.05) is 19.5 Å². The highest BCUT2D eigenvalue weighted by Crippen LogP contribution is 2.24. The number of hydrogen-bond acceptors (Lipinski definition) is 6. The molecular weight excluding hydrogens is 288 g/mol. The van der Waals surface area contributed by atoms with Crippen molar-refractivity contribution in [1.29, 1.82) is 0 Å². The Morgan fingerprint density at radius 2 is 2.24 bits per heavy atom. The molecule has 0 amide bonds. The van der Waals surface area contributed by atoms with Crippen LogP contribution in [0.2, 0.25) is 0 Å². The third-order valence-corrected chi connectivity index (χ3v) is 3.78. The SMILES string of the molecule is CCOC(=O)Cc1csc(Cc2ccc(OC)c(N)c2)n1. The molecule has 6 heteroatoms. The van der Waals surface area contributed by atoms with Gasteiger partial charge in [0.2, 0.25) is 0 Å². The number of carbonyl (C=O) groups is 1. The van der Waals surface area contributed by atoms with Gasteiger partial charge in [-0.25, -0.2) is 4.98 Å². The lowest BCUT2D eigenvalue weighted by Gasteiger charge is -2.06. The number of anilines is 1. The largest absolute Gasteiger partial charge is 0.495 e. The van der Waals surface area contributed by atoms with Gasteiger partial charge in [-0.3, -0.25) is 4.79 Å². The van der Waals surface area contributed by atoms with Crippen LogP contribution < -0.4 is 10.5 Å². The van der Waals surface area contributed by atoms with Gasteiger partial charge in [0.25, 0.3) is 0 Å². The quantitative estimate of drug-likeness (QED) is 0.655. The van der Waals surface area contributed by atoms with Gasteiger partial charge in [0.05, 0.1) is 36.5 Å². The molecule has 21 heavy (non-hydrogen) atoms. The predicted octanol–water partition coefficient (Wildman–Crippen LogP) is 2.43. The van der Waals surface area contributed by atoms with Crippen LogP contribution in [0.1, 0.15) is 23.2 Å². The second-order valence-corrected chi connectivity index (χ2v) is 5.41. The fourth-order valence-corrected chi connectivity index (χ4v) is 2.77. The average molecular weight is 306 g/mol. The Labute approximate surface area is 127 Å². The summed E-state index contributed by atoms with van der Waals surface area (Å²) in [5.41, 5.74) is 8.30. The Bertz CT molecular complexity index is 625. The number of nitrogens with two attached hydrogens (primary N) is 1. The zero-order valence-corrected chi connectivity index (χ0v) is 12.9. The molecule has 0 atom stereocenters. The van der Waals surface area contributed by atoms with Gasteiger partial charge in [0.15, 0.2) is 0 Å². The van der Waals surface area contributed by atoms with Gasteiger partial charge in [0, 0.05) is 11.8 Å². The first-order chi connectivity index (χ1) is 10.1. The van der Waals surface area contributed by atoms with Crippen LogP contribution >= 0.6 is 11.3 Å². The molecule has 0 aliphatic rings. The Morgan fingerprint density at radius 3 is 2.90 bits per heavy atom. The van der Waals surface area contributed by atoms with Gasteiger partial charge in [0.1, 0.15) is 5.75 Å². The van der Waals surface area contributed by atoms with Crippen LogP contribution in [0.15, 0.2) is 23.6 Å². The van der Waals surface area contributed by atoms with Crippen molar-refractivity contribution in [1.82, 2.24) is 4.98 Å². The summed E-state index contributed by atoms with van der Waals surface area (Å²) in [6, 6.07) is 5.69. The minimum Gasteiger partial charge on any atom is -0.495 e. The summed E-state index contributed by atoms with van der Waals surface area (Å²) in [6.45, 7) is 2.18. The predicted molar refractivity (Wildman–Crippen MR) is 82.7 cm³/mol. The Hall–Kier alpha value is -2.08. The molecule has 0 saturated carbocycles. The fraction of sp³-hybridized carbons (Fsp3) is 0.333. The van der Waals surface area contributed by atoms with E-state index >= 15 is 0 Å². The molecule has 0 saturated heterocycles. The molecule has 1 aromatic heterocycles. The fourth-order valence-electron chi connectivity index (χ4n) is 1.94. The van der Waals surface area contributed by atoms with Crippen LogP contribution in [0.5, 0.6) is 5.75 Å². The number of benzene rings is 1. The molecule has 5 nitrogen and oxygen atoms in total. The molecule has 2 N–H and O–H groups in total. The minimum atomic E-state index is -0.247. The first-order valence-electron chi connectivity index (χ1n) is 6.63. The van der Waals surface area contributed by atoms with E-state index in [1.54, 1.807) is 14.0 Å². The van der Waals surface area contributed by atoms with Gasteiger partial charge in [-0.15, -0.1) is 11.3 Å². The maximum atomic E-state index is 11.4. The zero-order chi connectivity index (χ0) is 15.2. The molecule has 0 radical (unpaired) electrons. The van der Waals surface area contributed by atoms with E-state index in [-0.39, 0.29) is 12.4 Å². The number of carbonyl (C=O) groups excluding carboxylic acids is 1. The number of hydrogen-bond donors (Lipinski definition) is 1. The molecule has 0 aliphatic carbocycles. The van der Waals surface area contributed by atoms with Crippen LogP contribution in [-0.2, 0) is 22.4 Å². The summed E-state index contributed by atoms with van der Waals surface area (Å²) >= 11 is 1.53. The van der Waals surface area contributed by atoms with Gasteiger partial charge < -0.3 is 15.2 Å². The highest BCUT2D eigenvalue weighted by Gasteiger charge is 2.09. The maximum Gasteiger partial charge on any atom is 0.311 e. The number of rotatable bonds is 6.